The van der Waals surface area contributed by atoms with E-state index in [4.69, 9.17) is 0 Å². The van der Waals surface area contributed by atoms with Crippen LogP contribution in [0.3, 0.4) is 0 Å². The first-order valence-corrected chi connectivity index (χ1v) is 9.79. The highest BCUT2D eigenvalue weighted by atomic mass is 19.4. The highest BCUT2D eigenvalue weighted by Gasteiger charge is 2.34. The maximum absolute atomic E-state index is 13.4. The van der Waals surface area contributed by atoms with E-state index in [0.717, 1.165) is 24.7 Å². The number of anilines is 1. The summed E-state index contributed by atoms with van der Waals surface area (Å²) in [5.74, 6) is 0.300. The van der Waals surface area contributed by atoms with E-state index in [-0.39, 0.29) is 17.5 Å². The zero-order chi connectivity index (χ0) is 21.2. The van der Waals surface area contributed by atoms with E-state index in [1.807, 2.05) is 19.0 Å². The molecule has 2 unspecified atom stereocenters. The number of carbonyl (C=O) groups is 1. The standard InChI is InChI=1S/C21H27F3N4O/c1-14-11-15(26-19(29)8-10-27(2)3)13-28(12-14)18-7-6-17(21(22,23)24)20-16(18)5-4-9-25-20/h4-7,9,14-15H,8,10-13H2,1-3H3,(H,26,29). The summed E-state index contributed by atoms with van der Waals surface area (Å²) in [6.45, 7) is 4.05. The van der Waals surface area contributed by atoms with Crippen LogP contribution in [0.2, 0.25) is 0 Å². The van der Waals surface area contributed by atoms with E-state index in [1.165, 1.54) is 12.3 Å². The number of benzene rings is 1. The number of halogens is 3. The van der Waals surface area contributed by atoms with Gasteiger partial charge in [-0.25, -0.2) is 0 Å². The Morgan fingerprint density at radius 1 is 1.28 bits per heavy atom. The summed E-state index contributed by atoms with van der Waals surface area (Å²) in [5, 5.41) is 3.57. The number of amides is 1. The van der Waals surface area contributed by atoms with Gasteiger partial charge in [-0.05, 0) is 50.7 Å². The lowest BCUT2D eigenvalue weighted by Crippen LogP contribution is -2.50. The van der Waals surface area contributed by atoms with Crippen LogP contribution in [0.1, 0.15) is 25.3 Å². The molecule has 2 atom stereocenters. The number of pyridine rings is 1. The van der Waals surface area contributed by atoms with E-state index in [1.54, 1.807) is 12.1 Å². The first-order valence-electron chi connectivity index (χ1n) is 9.79. The minimum absolute atomic E-state index is 0.00306. The van der Waals surface area contributed by atoms with Gasteiger partial charge in [0, 0.05) is 49.4 Å². The van der Waals surface area contributed by atoms with Crippen molar-refractivity contribution in [2.24, 2.45) is 5.92 Å². The number of hydrogen-bond acceptors (Lipinski definition) is 4. The van der Waals surface area contributed by atoms with Crippen molar-refractivity contribution >= 4 is 22.5 Å². The van der Waals surface area contributed by atoms with E-state index in [9.17, 15) is 18.0 Å². The average Bonchev–Trinajstić information content (AvgIpc) is 2.64. The van der Waals surface area contributed by atoms with Crippen LogP contribution in [0.15, 0.2) is 30.5 Å². The minimum Gasteiger partial charge on any atom is -0.369 e. The second-order valence-corrected chi connectivity index (χ2v) is 8.09. The maximum atomic E-state index is 13.4. The Morgan fingerprint density at radius 2 is 2.03 bits per heavy atom. The number of hydrogen-bond donors (Lipinski definition) is 1. The molecule has 0 bridgehead atoms. The molecule has 1 aliphatic rings. The van der Waals surface area contributed by atoms with Gasteiger partial charge in [0.25, 0.3) is 0 Å². The molecule has 8 heteroatoms. The molecule has 1 aromatic heterocycles. The maximum Gasteiger partial charge on any atom is 0.418 e. The Morgan fingerprint density at radius 3 is 2.72 bits per heavy atom. The summed E-state index contributed by atoms with van der Waals surface area (Å²) in [5.41, 5.74) is -0.0436. The number of carbonyl (C=O) groups excluding carboxylic acids is 1. The van der Waals surface area contributed by atoms with Crippen molar-refractivity contribution in [1.82, 2.24) is 15.2 Å². The first-order chi connectivity index (χ1) is 13.6. The Labute approximate surface area is 168 Å². The number of nitrogens with one attached hydrogen (secondary N) is 1. The van der Waals surface area contributed by atoms with Crippen LogP contribution in [0.4, 0.5) is 18.9 Å². The Hall–Kier alpha value is -2.35. The molecule has 158 valence electrons. The highest BCUT2D eigenvalue weighted by Crippen LogP contribution is 2.38. The number of aromatic nitrogens is 1. The van der Waals surface area contributed by atoms with Gasteiger partial charge in [0.15, 0.2) is 0 Å². The van der Waals surface area contributed by atoms with Crippen molar-refractivity contribution in [3.8, 4) is 0 Å². The van der Waals surface area contributed by atoms with Gasteiger partial charge >= 0.3 is 6.18 Å². The highest BCUT2D eigenvalue weighted by molar-refractivity contribution is 5.94. The fourth-order valence-electron chi connectivity index (χ4n) is 3.94. The van der Waals surface area contributed by atoms with Gasteiger partial charge in [-0.2, -0.15) is 13.2 Å². The van der Waals surface area contributed by atoms with Gasteiger partial charge in [0.05, 0.1) is 11.1 Å². The van der Waals surface area contributed by atoms with E-state index in [0.29, 0.717) is 30.8 Å². The molecule has 0 spiro atoms. The van der Waals surface area contributed by atoms with Gasteiger partial charge in [0.1, 0.15) is 0 Å². The van der Waals surface area contributed by atoms with Crippen LogP contribution in [0.25, 0.3) is 10.9 Å². The topological polar surface area (TPSA) is 48.5 Å². The number of piperidine rings is 1. The summed E-state index contributed by atoms with van der Waals surface area (Å²) in [4.78, 5) is 20.3. The van der Waals surface area contributed by atoms with Crippen LogP contribution in [0, 0.1) is 5.92 Å². The third-order valence-electron chi connectivity index (χ3n) is 5.20. The predicted octanol–water partition coefficient (Wildman–Crippen LogP) is 3.54. The van der Waals surface area contributed by atoms with Crippen molar-refractivity contribution < 1.29 is 18.0 Å². The van der Waals surface area contributed by atoms with Gasteiger partial charge in [-0.15, -0.1) is 0 Å². The summed E-state index contributed by atoms with van der Waals surface area (Å²) in [6.07, 6.45) is -1.80. The van der Waals surface area contributed by atoms with Gasteiger partial charge in [0.2, 0.25) is 5.91 Å². The average molecular weight is 408 g/mol. The monoisotopic (exact) mass is 408 g/mol. The molecule has 1 amide bonds. The molecule has 0 saturated carbocycles. The second-order valence-electron chi connectivity index (χ2n) is 8.09. The summed E-state index contributed by atoms with van der Waals surface area (Å²) in [7, 11) is 3.84. The quantitative estimate of drug-likeness (QED) is 0.822. The van der Waals surface area contributed by atoms with Crippen LogP contribution in [-0.4, -0.2) is 55.6 Å². The lowest BCUT2D eigenvalue weighted by atomic mass is 9.94. The first kappa shape index (κ1) is 21.4. The van der Waals surface area contributed by atoms with Crippen molar-refractivity contribution in [3.63, 3.8) is 0 Å². The molecule has 1 N–H and O–H groups in total. The molecule has 1 fully saturated rings. The molecule has 0 aliphatic carbocycles. The molecule has 2 aromatic rings. The zero-order valence-corrected chi connectivity index (χ0v) is 17.0. The molecular formula is C21H27F3N4O. The lowest BCUT2D eigenvalue weighted by molar-refractivity contribution is -0.136. The molecule has 3 rings (SSSR count). The van der Waals surface area contributed by atoms with E-state index >= 15 is 0 Å². The fraction of sp³-hybridized carbons (Fsp3) is 0.524. The molecule has 1 saturated heterocycles. The fourth-order valence-corrected chi connectivity index (χ4v) is 3.94. The summed E-state index contributed by atoms with van der Waals surface area (Å²) >= 11 is 0. The van der Waals surface area contributed by atoms with Crippen molar-refractivity contribution in [2.45, 2.75) is 32.0 Å². The normalized spacial score (nSPS) is 20.3. The molecular weight excluding hydrogens is 381 g/mol. The molecule has 5 nitrogen and oxygen atoms in total. The third-order valence-corrected chi connectivity index (χ3v) is 5.20. The zero-order valence-electron chi connectivity index (χ0n) is 17.0. The Bertz CT molecular complexity index is 869. The molecule has 29 heavy (non-hydrogen) atoms. The number of nitrogens with zero attached hydrogens (tertiary/aromatic N) is 3. The summed E-state index contributed by atoms with van der Waals surface area (Å²) in [6, 6.07) is 5.92. The van der Waals surface area contributed by atoms with Gasteiger partial charge < -0.3 is 15.1 Å². The van der Waals surface area contributed by atoms with Gasteiger partial charge in [-0.3, -0.25) is 9.78 Å². The molecule has 0 radical (unpaired) electrons. The van der Waals surface area contributed by atoms with Crippen molar-refractivity contribution in [2.75, 3.05) is 38.6 Å². The second kappa shape index (κ2) is 8.57. The van der Waals surface area contributed by atoms with Crippen LogP contribution in [-0.2, 0) is 11.0 Å². The van der Waals surface area contributed by atoms with E-state index in [2.05, 4.69) is 22.1 Å². The van der Waals surface area contributed by atoms with Crippen LogP contribution >= 0.6 is 0 Å². The number of rotatable bonds is 5. The molecule has 1 aliphatic heterocycles. The Balaban J connectivity index is 1.84. The molecule has 2 heterocycles. The summed E-state index contributed by atoms with van der Waals surface area (Å²) < 4.78 is 40.2. The lowest BCUT2D eigenvalue weighted by Gasteiger charge is -2.39. The number of fused-ring (bicyclic) bond motifs is 1. The van der Waals surface area contributed by atoms with Crippen LogP contribution in [0.5, 0.6) is 0 Å². The third kappa shape index (κ3) is 5.18. The molecule has 1 aromatic carbocycles. The van der Waals surface area contributed by atoms with Crippen molar-refractivity contribution in [1.29, 1.82) is 0 Å². The SMILES string of the molecule is CC1CC(NC(=O)CCN(C)C)CN(c2ccc(C(F)(F)F)c3ncccc23)C1. The largest absolute Gasteiger partial charge is 0.418 e. The van der Waals surface area contributed by atoms with Gasteiger partial charge in [-0.1, -0.05) is 6.92 Å². The smallest absolute Gasteiger partial charge is 0.369 e. The number of alkyl halides is 3. The predicted molar refractivity (Wildman–Crippen MR) is 108 cm³/mol. The Kier molecular flexibility index (Phi) is 6.31. The minimum atomic E-state index is -4.46. The van der Waals surface area contributed by atoms with Crippen LogP contribution < -0.4 is 10.2 Å². The van der Waals surface area contributed by atoms with Crippen molar-refractivity contribution in [3.05, 3.63) is 36.0 Å². The van der Waals surface area contributed by atoms with E-state index < -0.39 is 11.7 Å².